The first-order valence-corrected chi connectivity index (χ1v) is 38.0. The van der Waals surface area contributed by atoms with Gasteiger partial charge in [-0.3, -0.25) is 19.2 Å². The highest BCUT2D eigenvalue weighted by molar-refractivity contribution is 5.73. The minimum atomic E-state index is -3.73. The van der Waals surface area contributed by atoms with Crippen LogP contribution in [-0.2, 0) is 38.1 Å². The number of esters is 4. The van der Waals surface area contributed by atoms with E-state index in [1.54, 1.807) is 0 Å². The lowest BCUT2D eigenvalue weighted by Gasteiger charge is -2.40. The second-order valence-electron chi connectivity index (χ2n) is 26.3. The number of carbonyl (C=O) groups excluding carboxylic acids is 4. The Morgan fingerprint density at radius 1 is 0.244 bits per heavy atom. The van der Waals surface area contributed by atoms with E-state index in [0.29, 0.717) is 44.9 Å². The molecule has 0 aromatic rings. The fraction of sp³-hybridized carbons (Fsp3) is 0.947. The second-order valence-corrected chi connectivity index (χ2v) is 26.3. The Labute approximate surface area is 531 Å². The molecule has 0 heterocycles. The Balaban J connectivity index is 5.74. The molecule has 0 aromatic heterocycles. The van der Waals surface area contributed by atoms with Gasteiger partial charge in [0.05, 0.1) is 0 Å². The van der Waals surface area contributed by atoms with Crippen molar-refractivity contribution < 1.29 is 53.4 Å². The molecule has 0 aliphatic rings. The van der Waals surface area contributed by atoms with Gasteiger partial charge in [-0.15, -0.1) is 0 Å². The maximum absolute atomic E-state index is 13.7. The van der Waals surface area contributed by atoms with Crippen LogP contribution in [0.25, 0.3) is 0 Å². The molecule has 0 aromatic carbocycles. The molecular weight excluding hydrogens is 1080 g/mol. The predicted molar refractivity (Wildman–Crippen MR) is 358 cm³/mol. The molecule has 11 heteroatoms. The maximum atomic E-state index is 13.7. The minimum absolute atomic E-state index is 0.116. The molecule has 0 bridgehead atoms. The van der Waals surface area contributed by atoms with Crippen LogP contribution in [-0.4, -0.2) is 57.2 Å². The van der Waals surface area contributed by atoms with E-state index in [0.717, 1.165) is 83.5 Å². The molecule has 0 fully saturated rings. The van der Waals surface area contributed by atoms with Crippen molar-refractivity contribution in [1.29, 1.82) is 0 Å². The Morgan fingerprint density at radius 2 is 0.395 bits per heavy atom. The third-order valence-electron chi connectivity index (χ3n) is 17.7. The van der Waals surface area contributed by atoms with Gasteiger partial charge in [0.15, 0.2) is 0 Å². The van der Waals surface area contributed by atoms with Crippen molar-refractivity contribution in [2.45, 2.75) is 457 Å². The van der Waals surface area contributed by atoms with Gasteiger partial charge in [-0.1, -0.05) is 387 Å². The standard InChI is InChI=1S/C75H144O11/c1-5-9-13-17-21-25-29-33-37-41-45-49-53-57-61-65-69(76)83-73(80)74(81,84-70(77)66-62-58-54-50-46-42-38-34-30-26-22-18-14-10-6-2)75(82,85-71(78)67-63-59-55-51-47-43-39-35-31-27-23-19-15-11-7-3)86-72(79)68-64-60-56-52-48-44-40-36-32-28-24-20-16-12-8-4/h73,80-82H,5-68H2,1-4H3. The number of carbonyl (C=O) groups is 4. The van der Waals surface area contributed by atoms with Crippen LogP contribution in [0.2, 0.25) is 0 Å². The molecule has 3 N–H and O–H groups in total. The van der Waals surface area contributed by atoms with Gasteiger partial charge in [-0.25, -0.2) is 0 Å². The van der Waals surface area contributed by atoms with Gasteiger partial charge in [0, 0.05) is 25.7 Å². The minimum Gasteiger partial charge on any atom is -0.428 e. The van der Waals surface area contributed by atoms with Gasteiger partial charge >= 0.3 is 35.6 Å². The molecule has 0 aliphatic carbocycles. The van der Waals surface area contributed by atoms with Crippen molar-refractivity contribution >= 4 is 23.9 Å². The number of unbranched alkanes of at least 4 members (excludes halogenated alkanes) is 56. The zero-order valence-electron chi connectivity index (χ0n) is 57.4. The Kier molecular flexibility index (Phi) is 62.6. The van der Waals surface area contributed by atoms with Crippen molar-refractivity contribution in [3.63, 3.8) is 0 Å². The van der Waals surface area contributed by atoms with Gasteiger partial charge in [0.2, 0.25) is 0 Å². The molecule has 86 heavy (non-hydrogen) atoms. The molecule has 2 atom stereocenters. The van der Waals surface area contributed by atoms with E-state index < -0.39 is 41.9 Å². The topological polar surface area (TPSA) is 166 Å². The van der Waals surface area contributed by atoms with Crippen molar-refractivity contribution in [3.8, 4) is 0 Å². The highest BCUT2D eigenvalue weighted by Crippen LogP contribution is 2.34. The molecule has 0 aliphatic heterocycles. The molecule has 0 saturated heterocycles. The maximum Gasteiger partial charge on any atom is 0.450 e. The highest BCUT2D eigenvalue weighted by atomic mass is 16.9. The summed E-state index contributed by atoms with van der Waals surface area (Å²) in [5.41, 5.74) is 0. The van der Waals surface area contributed by atoms with E-state index in [2.05, 4.69) is 27.7 Å². The number of hydrogen-bond acceptors (Lipinski definition) is 11. The van der Waals surface area contributed by atoms with Crippen molar-refractivity contribution in [3.05, 3.63) is 0 Å². The first kappa shape index (κ1) is 83.8. The molecule has 2 unspecified atom stereocenters. The van der Waals surface area contributed by atoms with Gasteiger partial charge in [-0.05, 0) is 25.7 Å². The van der Waals surface area contributed by atoms with E-state index >= 15 is 0 Å². The third kappa shape index (κ3) is 53.6. The lowest BCUT2D eigenvalue weighted by atomic mass is 10.0. The summed E-state index contributed by atoms with van der Waals surface area (Å²) in [6.45, 7) is 9.00. The highest BCUT2D eigenvalue weighted by Gasteiger charge is 2.67. The van der Waals surface area contributed by atoms with Gasteiger partial charge in [0.1, 0.15) is 0 Å². The van der Waals surface area contributed by atoms with Crippen LogP contribution >= 0.6 is 0 Å². The van der Waals surface area contributed by atoms with E-state index in [1.807, 2.05) is 0 Å². The molecule has 0 radical (unpaired) electrons. The largest absolute Gasteiger partial charge is 0.450 e. The zero-order valence-corrected chi connectivity index (χ0v) is 57.4. The summed E-state index contributed by atoms with van der Waals surface area (Å²) < 4.78 is 21.7. The van der Waals surface area contributed by atoms with E-state index in [1.165, 1.54) is 257 Å². The van der Waals surface area contributed by atoms with Crippen LogP contribution in [0.15, 0.2) is 0 Å². The summed E-state index contributed by atoms with van der Waals surface area (Å²) in [7, 11) is 0. The zero-order chi connectivity index (χ0) is 63.0. The number of hydrogen-bond donors (Lipinski definition) is 3. The quantitative estimate of drug-likeness (QED) is 0.0230. The summed E-state index contributed by atoms with van der Waals surface area (Å²) in [4.78, 5) is 54.3. The Hall–Kier alpha value is -2.24. The number of aliphatic hydroxyl groups excluding tert-OH is 1. The lowest BCUT2D eigenvalue weighted by molar-refractivity contribution is -0.476. The van der Waals surface area contributed by atoms with Crippen LogP contribution < -0.4 is 0 Å². The molecule has 0 spiro atoms. The van der Waals surface area contributed by atoms with Crippen LogP contribution in [0.3, 0.4) is 0 Å². The first-order valence-electron chi connectivity index (χ1n) is 38.0. The molecule has 0 amide bonds. The Bertz CT molecular complexity index is 1420. The van der Waals surface area contributed by atoms with Crippen molar-refractivity contribution in [2.75, 3.05) is 0 Å². The second kappa shape index (κ2) is 64.3. The Morgan fingerprint density at radius 3 is 0.581 bits per heavy atom. The van der Waals surface area contributed by atoms with Gasteiger partial charge < -0.3 is 34.3 Å². The van der Waals surface area contributed by atoms with E-state index in [-0.39, 0.29) is 25.7 Å². The van der Waals surface area contributed by atoms with Crippen LogP contribution in [0.4, 0.5) is 0 Å². The summed E-state index contributed by atoms with van der Waals surface area (Å²) in [5.74, 6) is -11.5. The third-order valence-corrected chi connectivity index (χ3v) is 17.7. The monoisotopic (exact) mass is 1220 g/mol. The molecule has 0 saturated carbocycles. The van der Waals surface area contributed by atoms with E-state index in [9.17, 15) is 34.5 Å². The fourth-order valence-corrected chi connectivity index (χ4v) is 11.9. The van der Waals surface area contributed by atoms with Crippen LogP contribution in [0.1, 0.15) is 439 Å². The molecule has 510 valence electrons. The number of aliphatic hydroxyl groups is 3. The normalized spacial score (nSPS) is 12.8. The van der Waals surface area contributed by atoms with Crippen molar-refractivity contribution in [1.82, 2.24) is 0 Å². The summed E-state index contributed by atoms with van der Waals surface area (Å²) in [6.07, 6.45) is 64.9. The molecule has 0 rings (SSSR count). The average molecular weight is 1220 g/mol. The SMILES string of the molecule is CCCCCCCCCCCCCCCCCC(=O)OC(O)C(O)(OC(=O)CCCCCCCCCCCCCCCCC)C(O)(OC(=O)CCCCCCCCCCCCCCCCC)OC(=O)CCCCCCCCCCCCCCCCC. The van der Waals surface area contributed by atoms with Gasteiger partial charge in [0.25, 0.3) is 6.29 Å². The fourth-order valence-electron chi connectivity index (χ4n) is 11.9. The van der Waals surface area contributed by atoms with Crippen LogP contribution in [0.5, 0.6) is 0 Å². The first-order chi connectivity index (χ1) is 42.0. The molecular formula is C75H144O11. The summed E-state index contributed by atoms with van der Waals surface area (Å²) in [5, 5.41) is 36.1. The summed E-state index contributed by atoms with van der Waals surface area (Å²) in [6, 6.07) is 0. The smallest absolute Gasteiger partial charge is 0.428 e. The van der Waals surface area contributed by atoms with Gasteiger partial charge in [-0.2, -0.15) is 0 Å². The average Bonchev–Trinajstić information content (AvgIpc) is 2.80. The molecule has 11 nitrogen and oxygen atoms in total. The number of ether oxygens (including phenoxy) is 4. The lowest BCUT2D eigenvalue weighted by Crippen LogP contribution is -2.68. The predicted octanol–water partition coefficient (Wildman–Crippen LogP) is 22.9. The van der Waals surface area contributed by atoms with Crippen LogP contribution in [0, 0.1) is 0 Å². The van der Waals surface area contributed by atoms with Crippen molar-refractivity contribution in [2.24, 2.45) is 0 Å². The summed E-state index contributed by atoms with van der Waals surface area (Å²) >= 11 is 0. The van der Waals surface area contributed by atoms with E-state index in [4.69, 9.17) is 18.9 Å². The number of rotatable bonds is 70.